The van der Waals surface area contributed by atoms with Crippen LogP contribution in [0, 0.1) is 5.82 Å². The predicted molar refractivity (Wildman–Crippen MR) is 110 cm³/mol. The Labute approximate surface area is 181 Å². The number of alkyl halides is 3. The number of rotatable bonds is 5. The minimum absolute atomic E-state index is 0.000253. The molecule has 0 radical (unpaired) electrons. The van der Waals surface area contributed by atoms with E-state index < -0.39 is 17.6 Å². The van der Waals surface area contributed by atoms with Crippen molar-refractivity contribution in [2.75, 3.05) is 42.9 Å². The van der Waals surface area contributed by atoms with Gasteiger partial charge in [-0.3, -0.25) is 9.69 Å². The number of nitrogens with one attached hydrogen (secondary N) is 1. The second-order valence-electron chi connectivity index (χ2n) is 7.36. The first-order valence-corrected chi connectivity index (χ1v) is 9.88. The maximum Gasteiger partial charge on any atom is 0.416 e. The summed E-state index contributed by atoms with van der Waals surface area (Å²) in [5, 5.41) is 6.52. The molecule has 1 saturated heterocycles. The minimum Gasteiger partial charge on any atom is -0.369 e. The van der Waals surface area contributed by atoms with Crippen molar-refractivity contribution < 1.29 is 22.4 Å². The van der Waals surface area contributed by atoms with Crippen molar-refractivity contribution in [1.29, 1.82) is 0 Å². The third-order valence-electron chi connectivity index (χ3n) is 5.19. The van der Waals surface area contributed by atoms with Gasteiger partial charge in [0.1, 0.15) is 18.5 Å². The fraction of sp³-hybridized carbons (Fsp3) is 0.286. The third kappa shape index (κ3) is 5.05. The molecule has 2 heterocycles. The maximum atomic E-state index is 13.2. The normalized spacial score (nSPS) is 15.1. The molecule has 1 N–H and O–H groups in total. The number of hydrogen-bond donors (Lipinski definition) is 1. The van der Waals surface area contributed by atoms with Crippen LogP contribution in [0.3, 0.4) is 0 Å². The first kappa shape index (κ1) is 21.8. The van der Waals surface area contributed by atoms with Crippen molar-refractivity contribution in [3.63, 3.8) is 0 Å². The van der Waals surface area contributed by atoms with Gasteiger partial charge in [0, 0.05) is 31.9 Å². The van der Waals surface area contributed by atoms with Crippen molar-refractivity contribution in [2.24, 2.45) is 0 Å². The second-order valence-corrected chi connectivity index (χ2v) is 7.36. The van der Waals surface area contributed by atoms with Crippen molar-refractivity contribution in [1.82, 2.24) is 19.7 Å². The lowest BCUT2D eigenvalue weighted by Crippen LogP contribution is -2.48. The minimum atomic E-state index is -4.54. The highest BCUT2D eigenvalue weighted by molar-refractivity contribution is 5.94. The number of anilines is 2. The van der Waals surface area contributed by atoms with Gasteiger partial charge in [0.2, 0.25) is 5.91 Å². The van der Waals surface area contributed by atoms with E-state index in [0.29, 0.717) is 26.2 Å². The summed E-state index contributed by atoms with van der Waals surface area (Å²) in [5.41, 5.74) is 0.312. The van der Waals surface area contributed by atoms with Crippen LogP contribution in [-0.2, 0) is 11.0 Å². The molecule has 0 spiro atoms. The number of carbonyl (C=O) groups is 1. The zero-order valence-electron chi connectivity index (χ0n) is 16.9. The average molecular weight is 448 g/mol. The molecule has 0 atom stereocenters. The summed E-state index contributed by atoms with van der Waals surface area (Å²) in [7, 11) is 0. The number of amides is 1. The molecule has 32 heavy (non-hydrogen) atoms. The van der Waals surface area contributed by atoms with Crippen molar-refractivity contribution >= 4 is 17.3 Å². The molecule has 1 fully saturated rings. The van der Waals surface area contributed by atoms with Crippen LogP contribution in [0.15, 0.2) is 55.1 Å². The number of piperazine rings is 1. The second kappa shape index (κ2) is 8.95. The van der Waals surface area contributed by atoms with Gasteiger partial charge in [0.25, 0.3) is 0 Å². The van der Waals surface area contributed by atoms with Gasteiger partial charge in [0.05, 0.1) is 23.5 Å². The van der Waals surface area contributed by atoms with Crippen LogP contribution < -0.4 is 10.2 Å². The van der Waals surface area contributed by atoms with E-state index >= 15 is 0 Å². The van der Waals surface area contributed by atoms with Crippen molar-refractivity contribution in [3.8, 4) is 5.69 Å². The summed E-state index contributed by atoms with van der Waals surface area (Å²) in [4.78, 5) is 20.4. The van der Waals surface area contributed by atoms with E-state index in [9.17, 15) is 22.4 Å². The molecule has 1 amide bonds. The molecule has 168 valence electrons. The molecule has 4 rings (SSSR count). The van der Waals surface area contributed by atoms with Gasteiger partial charge in [-0.25, -0.2) is 14.1 Å². The topological polar surface area (TPSA) is 66.3 Å². The van der Waals surface area contributed by atoms with Crippen molar-refractivity contribution in [3.05, 3.63) is 66.5 Å². The summed E-state index contributed by atoms with van der Waals surface area (Å²) in [5.74, 6) is -0.732. The summed E-state index contributed by atoms with van der Waals surface area (Å²) in [6.45, 7) is 2.50. The lowest BCUT2D eigenvalue weighted by atomic mass is 10.1. The zero-order valence-corrected chi connectivity index (χ0v) is 16.9. The van der Waals surface area contributed by atoms with Gasteiger partial charge in [0.15, 0.2) is 0 Å². The first-order valence-electron chi connectivity index (χ1n) is 9.88. The summed E-state index contributed by atoms with van der Waals surface area (Å²) >= 11 is 0. The molecule has 0 unspecified atom stereocenters. The van der Waals surface area contributed by atoms with Crippen LogP contribution in [0.1, 0.15) is 5.56 Å². The number of halogens is 4. The van der Waals surface area contributed by atoms with Crippen LogP contribution in [0.25, 0.3) is 5.69 Å². The lowest BCUT2D eigenvalue weighted by Gasteiger charge is -2.35. The van der Waals surface area contributed by atoms with E-state index in [0.717, 1.165) is 17.8 Å². The highest BCUT2D eigenvalue weighted by Crippen LogP contribution is 2.33. The lowest BCUT2D eigenvalue weighted by molar-refractivity contribution is -0.137. The molecule has 1 aliphatic heterocycles. The van der Waals surface area contributed by atoms with Gasteiger partial charge >= 0.3 is 6.18 Å². The van der Waals surface area contributed by atoms with E-state index in [4.69, 9.17) is 0 Å². The summed E-state index contributed by atoms with van der Waals surface area (Å²) in [6.07, 6.45) is -1.95. The van der Waals surface area contributed by atoms with Crippen LogP contribution in [0.2, 0.25) is 0 Å². The number of nitrogens with zero attached hydrogens (tertiary/aromatic N) is 5. The van der Waals surface area contributed by atoms with Gasteiger partial charge in [-0.05, 0) is 42.5 Å². The highest BCUT2D eigenvalue weighted by atomic mass is 19.4. The molecular formula is C21H20F4N6O. The maximum absolute atomic E-state index is 13.2. The van der Waals surface area contributed by atoms with Crippen LogP contribution in [0.4, 0.5) is 28.9 Å². The smallest absolute Gasteiger partial charge is 0.369 e. The van der Waals surface area contributed by atoms with E-state index in [1.165, 1.54) is 35.5 Å². The average Bonchev–Trinajstić information content (AvgIpc) is 3.29. The zero-order chi connectivity index (χ0) is 22.7. The van der Waals surface area contributed by atoms with E-state index in [-0.39, 0.29) is 23.7 Å². The number of carbonyl (C=O) groups excluding carboxylic acids is 1. The molecular weight excluding hydrogens is 428 g/mol. The number of aromatic nitrogens is 3. The molecule has 0 saturated carbocycles. The molecule has 1 aliphatic rings. The molecule has 7 nitrogen and oxygen atoms in total. The largest absolute Gasteiger partial charge is 0.416 e. The Bertz CT molecular complexity index is 1060. The Morgan fingerprint density at radius 2 is 1.75 bits per heavy atom. The fourth-order valence-corrected chi connectivity index (χ4v) is 3.55. The van der Waals surface area contributed by atoms with E-state index in [2.05, 4.69) is 20.3 Å². The number of hydrogen-bond acceptors (Lipinski definition) is 5. The van der Waals surface area contributed by atoms with Crippen LogP contribution in [-0.4, -0.2) is 58.3 Å². The Kier molecular flexibility index (Phi) is 6.08. The summed E-state index contributed by atoms with van der Waals surface area (Å²) in [6, 6.07) is 9.28. The molecule has 1 aromatic heterocycles. The highest BCUT2D eigenvalue weighted by Gasteiger charge is 2.31. The third-order valence-corrected chi connectivity index (χ3v) is 5.19. The molecule has 11 heteroatoms. The summed E-state index contributed by atoms with van der Waals surface area (Å²) < 4.78 is 53.9. The first-order chi connectivity index (χ1) is 15.3. The fourth-order valence-electron chi connectivity index (χ4n) is 3.55. The standard InChI is InChI=1S/C21H20F4N6O/c22-16-2-4-17(5-3-16)30-9-7-29(8-10-30)12-20(32)28-18-11-15(21(23,24)25)1-6-19(18)31-14-26-13-27-31/h1-6,11,13-14H,7-10,12H2,(H,28,32). The van der Waals surface area contributed by atoms with Gasteiger partial charge in [-0.2, -0.15) is 18.3 Å². The predicted octanol–water partition coefficient (Wildman–Crippen LogP) is 3.19. The molecule has 2 aromatic carbocycles. The van der Waals surface area contributed by atoms with E-state index in [1.807, 2.05) is 4.90 Å². The van der Waals surface area contributed by atoms with Gasteiger partial charge in [-0.15, -0.1) is 0 Å². The van der Waals surface area contributed by atoms with Gasteiger partial charge in [-0.1, -0.05) is 0 Å². The number of benzene rings is 2. The van der Waals surface area contributed by atoms with E-state index in [1.54, 1.807) is 12.1 Å². The van der Waals surface area contributed by atoms with Crippen LogP contribution >= 0.6 is 0 Å². The Balaban J connectivity index is 1.41. The van der Waals surface area contributed by atoms with Crippen LogP contribution in [0.5, 0.6) is 0 Å². The molecule has 0 bridgehead atoms. The van der Waals surface area contributed by atoms with Crippen molar-refractivity contribution in [2.45, 2.75) is 6.18 Å². The molecule has 3 aromatic rings. The molecule has 0 aliphatic carbocycles. The SMILES string of the molecule is O=C(CN1CCN(c2ccc(F)cc2)CC1)Nc1cc(C(F)(F)F)ccc1-n1cncn1. The van der Waals surface area contributed by atoms with Gasteiger partial charge < -0.3 is 10.2 Å². The Hall–Kier alpha value is -3.47. The quantitative estimate of drug-likeness (QED) is 0.608. The monoisotopic (exact) mass is 448 g/mol. The Morgan fingerprint density at radius 3 is 2.38 bits per heavy atom. The Morgan fingerprint density at radius 1 is 1.03 bits per heavy atom.